The number of halogens is 4. The number of rotatable bonds is 5. The van der Waals surface area contributed by atoms with Crippen LogP contribution in [0.15, 0.2) is 64.6 Å². The molecule has 0 bridgehead atoms. The minimum absolute atomic E-state index is 0.0395. The predicted molar refractivity (Wildman–Crippen MR) is 106 cm³/mol. The number of ether oxygens (including phenoxy) is 1. The van der Waals surface area contributed by atoms with Gasteiger partial charge in [0.25, 0.3) is 0 Å². The zero-order valence-electron chi connectivity index (χ0n) is 11.9. The molecule has 2 aromatic rings. The van der Waals surface area contributed by atoms with Gasteiger partial charge in [0, 0.05) is 0 Å². The van der Waals surface area contributed by atoms with E-state index in [1.54, 1.807) is 6.08 Å². The summed E-state index contributed by atoms with van der Waals surface area (Å²) in [6.07, 6.45) is 1.59. The highest BCUT2D eigenvalue weighted by Crippen LogP contribution is 2.40. The first-order chi connectivity index (χ1) is 11.2. The molecule has 0 spiro atoms. The van der Waals surface area contributed by atoms with Crippen LogP contribution in [0.1, 0.15) is 0 Å². The molecule has 0 unspecified atom stereocenters. The molecule has 9 heteroatoms. The number of benzene rings is 2. The van der Waals surface area contributed by atoms with Crippen LogP contribution < -0.4 is 4.74 Å². The largest absolute Gasteiger partial charge is 0.506 e. The maximum absolute atomic E-state index is 12.9. The summed E-state index contributed by atoms with van der Waals surface area (Å²) in [5, 5.41) is 9.75. The first-order valence-corrected chi connectivity index (χ1v) is 11.0. The lowest BCUT2D eigenvalue weighted by Gasteiger charge is -2.12. The van der Waals surface area contributed by atoms with Crippen molar-refractivity contribution >= 4 is 73.6 Å². The number of phenols is 1. The Morgan fingerprint density at radius 2 is 1.38 bits per heavy atom. The molecule has 0 aromatic heterocycles. The highest BCUT2D eigenvalue weighted by molar-refractivity contribution is 9.11. The summed E-state index contributed by atoms with van der Waals surface area (Å²) in [5.74, 6) is 0.423. The van der Waals surface area contributed by atoms with Gasteiger partial charge >= 0.3 is 0 Å². The molecule has 0 saturated carbocycles. The van der Waals surface area contributed by atoms with Crippen molar-refractivity contribution in [2.45, 2.75) is 9.79 Å². The molecule has 0 aliphatic heterocycles. The summed E-state index contributed by atoms with van der Waals surface area (Å²) < 4.78 is 32.7. The maximum atomic E-state index is 12.9. The molecule has 0 atom stereocenters. The summed E-state index contributed by atoms with van der Waals surface area (Å²) in [4.78, 5) is 0.120. The van der Waals surface area contributed by atoms with E-state index in [2.05, 4.69) is 70.3 Å². The molecule has 128 valence electrons. The lowest BCUT2D eigenvalue weighted by atomic mass is 10.3. The second kappa shape index (κ2) is 7.90. The SMILES string of the molecule is C=CCOc1c(Br)cc(S(=O)(=O)c2cc(Br)c(O)c(Br)c2)cc1Br. The third-order valence-corrected chi connectivity index (χ3v) is 7.03. The van der Waals surface area contributed by atoms with Crippen LogP contribution >= 0.6 is 63.7 Å². The molecule has 0 aliphatic rings. The Balaban J connectivity index is 2.56. The lowest BCUT2D eigenvalue weighted by Crippen LogP contribution is -2.04. The second-order valence-corrected chi connectivity index (χ2v) is 9.92. The Bertz CT molecular complexity index is 864. The Labute approximate surface area is 173 Å². The van der Waals surface area contributed by atoms with Crippen LogP contribution in [0, 0.1) is 0 Å². The van der Waals surface area contributed by atoms with Crippen molar-refractivity contribution in [3.05, 3.63) is 54.8 Å². The number of aromatic hydroxyl groups is 1. The topological polar surface area (TPSA) is 63.6 Å². The lowest BCUT2D eigenvalue weighted by molar-refractivity contribution is 0.358. The highest BCUT2D eigenvalue weighted by Gasteiger charge is 2.23. The van der Waals surface area contributed by atoms with Crippen molar-refractivity contribution in [2.75, 3.05) is 6.61 Å². The molecule has 4 nitrogen and oxygen atoms in total. The van der Waals surface area contributed by atoms with E-state index in [1.807, 2.05) is 0 Å². The van der Waals surface area contributed by atoms with E-state index in [9.17, 15) is 13.5 Å². The minimum Gasteiger partial charge on any atom is -0.506 e. The van der Waals surface area contributed by atoms with Crippen LogP contribution in [0.3, 0.4) is 0 Å². The molecule has 2 rings (SSSR count). The molecular formula is C15H10Br4O4S. The fourth-order valence-corrected chi connectivity index (χ4v) is 6.38. The summed E-state index contributed by atoms with van der Waals surface area (Å²) in [5.41, 5.74) is 0. The van der Waals surface area contributed by atoms with Crippen molar-refractivity contribution in [3.63, 3.8) is 0 Å². The summed E-state index contributed by atoms with van der Waals surface area (Å²) in [6.45, 7) is 3.87. The second-order valence-electron chi connectivity index (χ2n) is 4.55. The normalized spacial score (nSPS) is 11.3. The zero-order chi connectivity index (χ0) is 18.1. The number of phenolic OH excluding ortho intramolecular Hbond substituents is 1. The molecule has 0 aliphatic carbocycles. The van der Waals surface area contributed by atoms with E-state index in [-0.39, 0.29) is 24.5 Å². The van der Waals surface area contributed by atoms with Crippen LogP contribution in [-0.2, 0) is 9.84 Å². The van der Waals surface area contributed by atoms with Gasteiger partial charge in [-0.15, -0.1) is 0 Å². The molecular weight excluding hydrogens is 596 g/mol. The summed E-state index contributed by atoms with van der Waals surface area (Å²) in [7, 11) is -3.79. The highest BCUT2D eigenvalue weighted by atomic mass is 79.9. The van der Waals surface area contributed by atoms with Crippen molar-refractivity contribution in [3.8, 4) is 11.5 Å². The molecule has 2 aromatic carbocycles. The van der Waals surface area contributed by atoms with E-state index >= 15 is 0 Å². The standard InChI is InChI=1S/C15H10Br4O4S/c1-2-3-23-15-12(18)6-9(7-13(15)19)24(21,22)8-4-10(16)14(20)11(17)5-8/h2,4-7,20H,1,3H2. The third-order valence-electron chi connectivity index (χ3n) is 2.93. The average Bonchev–Trinajstić information content (AvgIpc) is 2.51. The van der Waals surface area contributed by atoms with Gasteiger partial charge in [0.05, 0.1) is 27.7 Å². The Kier molecular flexibility index (Phi) is 6.58. The van der Waals surface area contributed by atoms with Gasteiger partial charge in [-0.2, -0.15) is 0 Å². The van der Waals surface area contributed by atoms with Crippen molar-refractivity contribution in [2.24, 2.45) is 0 Å². The monoisotopic (exact) mass is 602 g/mol. The Hall–Kier alpha value is -0.350. The van der Waals surface area contributed by atoms with Gasteiger partial charge in [-0.25, -0.2) is 8.42 Å². The van der Waals surface area contributed by atoms with E-state index in [0.717, 1.165) is 0 Å². The van der Waals surface area contributed by atoms with E-state index < -0.39 is 9.84 Å². The molecule has 24 heavy (non-hydrogen) atoms. The Morgan fingerprint density at radius 3 is 1.79 bits per heavy atom. The van der Waals surface area contributed by atoms with E-state index in [1.165, 1.54) is 24.3 Å². The fourth-order valence-electron chi connectivity index (χ4n) is 1.81. The van der Waals surface area contributed by atoms with Crippen molar-refractivity contribution in [1.82, 2.24) is 0 Å². The predicted octanol–water partition coefficient (Wildman–Crippen LogP) is 5.84. The van der Waals surface area contributed by atoms with Gasteiger partial charge < -0.3 is 9.84 Å². The first kappa shape index (κ1) is 20.0. The molecule has 0 saturated heterocycles. The maximum Gasteiger partial charge on any atom is 0.206 e. The van der Waals surface area contributed by atoms with Gasteiger partial charge in [-0.3, -0.25) is 0 Å². The first-order valence-electron chi connectivity index (χ1n) is 6.34. The summed E-state index contributed by atoms with van der Waals surface area (Å²) >= 11 is 12.9. The van der Waals surface area contributed by atoms with Crippen LogP contribution in [0.4, 0.5) is 0 Å². The van der Waals surface area contributed by atoms with Crippen molar-refractivity contribution < 1.29 is 18.3 Å². The van der Waals surface area contributed by atoms with Crippen LogP contribution in [0.2, 0.25) is 0 Å². The quantitative estimate of drug-likeness (QED) is 0.435. The third kappa shape index (κ3) is 4.07. The molecule has 0 fully saturated rings. The van der Waals surface area contributed by atoms with Crippen LogP contribution in [0.5, 0.6) is 11.5 Å². The van der Waals surface area contributed by atoms with Gasteiger partial charge in [0.15, 0.2) is 0 Å². The Morgan fingerprint density at radius 1 is 0.958 bits per heavy atom. The van der Waals surface area contributed by atoms with Gasteiger partial charge in [-0.1, -0.05) is 12.7 Å². The van der Waals surface area contributed by atoms with E-state index in [4.69, 9.17) is 4.74 Å². The molecule has 0 heterocycles. The fraction of sp³-hybridized carbons (Fsp3) is 0.0667. The number of hydrogen-bond acceptors (Lipinski definition) is 4. The molecule has 0 radical (unpaired) electrons. The molecule has 1 N–H and O–H groups in total. The summed E-state index contributed by atoms with van der Waals surface area (Å²) in [6, 6.07) is 5.62. The number of hydrogen-bond donors (Lipinski definition) is 1. The van der Waals surface area contributed by atoms with Gasteiger partial charge in [0.1, 0.15) is 18.1 Å². The van der Waals surface area contributed by atoms with Gasteiger partial charge in [-0.05, 0) is 88.0 Å². The minimum atomic E-state index is -3.79. The smallest absolute Gasteiger partial charge is 0.206 e. The van der Waals surface area contributed by atoms with Gasteiger partial charge in [0.2, 0.25) is 9.84 Å². The number of sulfone groups is 1. The molecule has 0 amide bonds. The van der Waals surface area contributed by atoms with E-state index in [0.29, 0.717) is 21.3 Å². The van der Waals surface area contributed by atoms with Crippen molar-refractivity contribution in [1.29, 1.82) is 0 Å². The zero-order valence-corrected chi connectivity index (χ0v) is 19.1. The van der Waals surface area contributed by atoms with Crippen LogP contribution in [0.25, 0.3) is 0 Å². The van der Waals surface area contributed by atoms with Crippen LogP contribution in [-0.4, -0.2) is 20.1 Å². The average molecular weight is 606 g/mol.